The van der Waals surface area contributed by atoms with E-state index < -0.39 is 17.6 Å². The van der Waals surface area contributed by atoms with Crippen LogP contribution in [0.25, 0.3) is 0 Å². The number of benzene rings is 2. The van der Waals surface area contributed by atoms with Gasteiger partial charge in [-0.25, -0.2) is 0 Å². The van der Waals surface area contributed by atoms with Crippen molar-refractivity contribution in [3.63, 3.8) is 0 Å². The second-order valence-electron chi connectivity index (χ2n) is 5.43. The van der Waals surface area contributed by atoms with Crippen LogP contribution >= 0.6 is 0 Å². The van der Waals surface area contributed by atoms with Crippen molar-refractivity contribution < 1.29 is 18.0 Å². The molecule has 2 aromatic rings. The van der Waals surface area contributed by atoms with E-state index in [2.05, 4.69) is 5.32 Å². The molecule has 1 N–H and O–H groups in total. The quantitative estimate of drug-likeness (QED) is 0.794. The summed E-state index contributed by atoms with van der Waals surface area (Å²) in [5.41, 5.74) is 0.749. The molecule has 23 heavy (non-hydrogen) atoms. The molecule has 0 fully saturated rings. The van der Waals surface area contributed by atoms with E-state index in [1.807, 2.05) is 26.0 Å². The first kappa shape index (κ1) is 17.1. The summed E-state index contributed by atoms with van der Waals surface area (Å²) in [6.07, 6.45) is -3.57. The van der Waals surface area contributed by atoms with E-state index >= 15 is 0 Å². The molecule has 0 radical (unpaired) electrons. The SMILES string of the molecule is CCC(C)c1ccccc1NC(=O)c1cccc(C(F)(F)F)c1. The summed E-state index contributed by atoms with van der Waals surface area (Å²) in [5, 5.41) is 2.71. The number of hydrogen-bond acceptors (Lipinski definition) is 1. The zero-order valence-corrected chi connectivity index (χ0v) is 12.9. The van der Waals surface area contributed by atoms with Crippen LogP contribution in [0.15, 0.2) is 48.5 Å². The van der Waals surface area contributed by atoms with E-state index in [0.29, 0.717) is 5.69 Å². The highest BCUT2D eigenvalue weighted by atomic mass is 19.4. The van der Waals surface area contributed by atoms with E-state index in [4.69, 9.17) is 0 Å². The van der Waals surface area contributed by atoms with Gasteiger partial charge in [0, 0.05) is 11.3 Å². The molecule has 122 valence electrons. The third-order valence-electron chi connectivity index (χ3n) is 3.80. The second kappa shape index (κ2) is 6.86. The van der Waals surface area contributed by atoms with Gasteiger partial charge in [-0.1, -0.05) is 38.1 Å². The molecule has 0 aliphatic heterocycles. The average Bonchev–Trinajstić information content (AvgIpc) is 2.54. The first-order chi connectivity index (χ1) is 10.8. The largest absolute Gasteiger partial charge is 0.416 e. The summed E-state index contributed by atoms with van der Waals surface area (Å²) in [5.74, 6) is -0.306. The number of anilines is 1. The van der Waals surface area contributed by atoms with Crippen LogP contribution in [-0.2, 0) is 6.18 Å². The van der Waals surface area contributed by atoms with Crippen molar-refractivity contribution in [3.05, 3.63) is 65.2 Å². The van der Waals surface area contributed by atoms with Crippen molar-refractivity contribution in [1.82, 2.24) is 0 Å². The van der Waals surface area contributed by atoms with Gasteiger partial charge in [-0.15, -0.1) is 0 Å². The lowest BCUT2D eigenvalue weighted by Crippen LogP contribution is -2.15. The maximum absolute atomic E-state index is 12.7. The fraction of sp³-hybridized carbons (Fsp3) is 0.278. The Labute approximate surface area is 133 Å². The van der Waals surface area contributed by atoms with Gasteiger partial charge in [0.25, 0.3) is 5.91 Å². The van der Waals surface area contributed by atoms with Crippen molar-refractivity contribution in [2.75, 3.05) is 5.32 Å². The van der Waals surface area contributed by atoms with Gasteiger partial charge in [-0.2, -0.15) is 13.2 Å². The molecule has 0 saturated heterocycles. The molecular weight excluding hydrogens is 303 g/mol. The van der Waals surface area contributed by atoms with Crippen LogP contribution in [0.5, 0.6) is 0 Å². The van der Waals surface area contributed by atoms with E-state index in [9.17, 15) is 18.0 Å². The Kier molecular flexibility index (Phi) is 5.08. The molecule has 1 amide bonds. The van der Waals surface area contributed by atoms with Gasteiger partial charge in [0.05, 0.1) is 5.56 Å². The summed E-state index contributed by atoms with van der Waals surface area (Å²) in [6.45, 7) is 4.07. The summed E-state index contributed by atoms with van der Waals surface area (Å²) in [4.78, 5) is 12.3. The Balaban J connectivity index is 2.27. The minimum atomic E-state index is -4.47. The lowest BCUT2D eigenvalue weighted by molar-refractivity contribution is -0.137. The van der Waals surface area contributed by atoms with Gasteiger partial charge < -0.3 is 5.32 Å². The van der Waals surface area contributed by atoms with Gasteiger partial charge in [-0.3, -0.25) is 4.79 Å². The number of alkyl halides is 3. The molecule has 2 rings (SSSR count). The normalized spacial score (nSPS) is 12.7. The van der Waals surface area contributed by atoms with Crippen LogP contribution in [0.1, 0.15) is 47.7 Å². The van der Waals surface area contributed by atoms with Crippen molar-refractivity contribution in [2.24, 2.45) is 0 Å². The molecule has 0 heterocycles. The fourth-order valence-corrected chi connectivity index (χ4v) is 2.29. The van der Waals surface area contributed by atoms with Gasteiger partial charge in [-0.05, 0) is 42.2 Å². The predicted octanol–water partition coefficient (Wildman–Crippen LogP) is 5.47. The van der Waals surface area contributed by atoms with Crippen molar-refractivity contribution in [1.29, 1.82) is 0 Å². The second-order valence-corrected chi connectivity index (χ2v) is 5.43. The predicted molar refractivity (Wildman–Crippen MR) is 84.5 cm³/mol. The number of amides is 1. The zero-order chi connectivity index (χ0) is 17.0. The van der Waals surface area contributed by atoms with Crippen LogP contribution in [0.2, 0.25) is 0 Å². The third kappa shape index (κ3) is 4.12. The highest BCUT2D eigenvalue weighted by Gasteiger charge is 2.30. The van der Waals surface area contributed by atoms with Crippen molar-refractivity contribution in [2.45, 2.75) is 32.4 Å². The summed E-state index contributed by atoms with van der Waals surface area (Å²) in [7, 11) is 0. The Bertz CT molecular complexity index is 695. The molecule has 0 aliphatic carbocycles. The molecule has 2 aromatic carbocycles. The van der Waals surface area contributed by atoms with E-state index in [0.717, 1.165) is 24.1 Å². The monoisotopic (exact) mass is 321 g/mol. The van der Waals surface area contributed by atoms with Gasteiger partial charge >= 0.3 is 6.18 Å². The molecule has 0 aromatic heterocycles. The van der Waals surface area contributed by atoms with Crippen LogP contribution in [0, 0.1) is 0 Å². The molecule has 1 unspecified atom stereocenters. The number of nitrogens with one attached hydrogen (secondary N) is 1. The minimum absolute atomic E-state index is 0.0150. The highest BCUT2D eigenvalue weighted by molar-refractivity contribution is 6.04. The zero-order valence-electron chi connectivity index (χ0n) is 12.9. The van der Waals surface area contributed by atoms with Gasteiger partial charge in [0.15, 0.2) is 0 Å². The van der Waals surface area contributed by atoms with E-state index in [-0.39, 0.29) is 11.5 Å². The van der Waals surface area contributed by atoms with Gasteiger partial charge in [0.2, 0.25) is 0 Å². The summed E-state index contributed by atoms with van der Waals surface area (Å²) < 4.78 is 38.2. The lowest BCUT2D eigenvalue weighted by Gasteiger charge is -2.16. The summed E-state index contributed by atoms with van der Waals surface area (Å²) >= 11 is 0. The number of carbonyl (C=O) groups excluding carboxylic acids is 1. The standard InChI is InChI=1S/C18H18F3NO/c1-3-12(2)15-9-4-5-10-16(15)22-17(23)13-7-6-8-14(11-13)18(19,20)21/h4-12H,3H2,1-2H3,(H,22,23). The number of para-hydroxylation sites is 1. The topological polar surface area (TPSA) is 29.1 Å². The smallest absolute Gasteiger partial charge is 0.322 e. The molecule has 5 heteroatoms. The average molecular weight is 321 g/mol. The Morgan fingerprint density at radius 2 is 1.83 bits per heavy atom. The van der Waals surface area contributed by atoms with Crippen molar-refractivity contribution >= 4 is 11.6 Å². The number of halogens is 3. The Morgan fingerprint density at radius 1 is 1.13 bits per heavy atom. The van der Waals surface area contributed by atoms with Crippen LogP contribution in [-0.4, -0.2) is 5.91 Å². The molecule has 1 atom stereocenters. The highest BCUT2D eigenvalue weighted by Crippen LogP contribution is 2.30. The molecule has 0 aliphatic rings. The molecule has 0 bridgehead atoms. The van der Waals surface area contributed by atoms with Crippen LogP contribution in [0.3, 0.4) is 0 Å². The summed E-state index contributed by atoms with van der Waals surface area (Å²) in [6, 6.07) is 11.7. The lowest BCUT2D eigenvalue weighted by atomic mass is 9.96. The third-order valence-corrected chi connectivity index (χ3v) is 3.80. The van der Waals surface area contributed by atoms with Gasteiger partial charge in [0.1, 0.15) is 0 Å². The molecule has 0 spiro atoms. The number of hydrogen-bond donors (Lipinski definition) is 1. The molecular formula is C18H18F3NO. The molecule has 2 nitrogen and oxygen atoms in total. The van der Waals surface area contributed by atoms with E-state index in [1.165, 1.54) is 12.1 Å². The number of carbonyl (C=O) groups is 1. The molecule has 0 saturated carbocycles. The van der Waals surface area contributed by atoms with Crippen LogP contribution < -0.4 is 5.32 Å². The first-order valence-corrected chi connectivity index (χ1v) is 7.40. The van der Waals surface area contributed by atoms with E-state index in [1.54, 1.807) is 12.1 Å². The number of rotatable bonds is 4. The maximum atomic E-state index is 12.7. The van der Waals surface area contributed by atoms with Crippen molar-refractivity contribution in [3.8, 4) is 0 Å². The minimum Gasteiger partial charge on any atom is -0.322 e. The first-order valence-electron chi connectivity index (χ1n) is 7.40. The van der Waals surface area contributed by atoms with Crippen LogP contribution in [0.4, 0.5) is 18.9 Å². The fourth-order valence-electron chi connectivity index (χ4n) is 2.29. The Hall–Kier alpha value is -2.30. The maximum Gasteiger partial charge on any atom is 0.416 e. The Morgan fingerprint density at radius 3 is 2.48 bits per heavy atom.